The van der Waals surface area contributed by atoms with E-state index in [-0.39, 0.29) is 18.4 Å². The van der Waals surface area contributed by atoms with E-state index in [0.29, 0.717) is 5.84 Å². The number of rotatable bonds is 1. The van der Waals surface area contributed by atoms with Crippen LogP contribution >= 0.6 is 12.4 Å². The summed E-state index contributed by atoms with van der Waals surface area (Å²) < 4.78 is 0. The Morgan fingerprint density at radius 3 is 2.50 bits per heavy atom. The number of halogens is 1. The largest absolute Gasteiger partial charge is 0.386 e. The zero-order chi connectivity index (χ0) is 6.85. The van der Waals surface area contributed by atoms with Crippen LogP contribution in [0.5, 0.6) is 0 Å². The lowest BCUT2D eigenvalue weighted by Gasteiger charge is -2.16. The average molecular weight is 164 g/mol. The van der Waals surface area contributed by atoms with E-state index in [4.69, 9.17) is 11.1 Å². The Kier molecular flexibility index (Phi) is 3.68. The minimum atomic E-state index is 0. The van der Waals surface area contributed by atoms with Gasteiger partial charge in [-0.25, -0.2) is 0 Å². The van der Waals surface area contributed by atoms with Gasteiger partial charge in [-0.2, -0.15) is 0 Å². The summed E-state index contributed by atoms with van der Waals surface area (Å²) in [6.07, 6.45) is 2.24. The fourth-order valence-corrected chi connectivity index (χ4v) is 1.30. The summed E-state index contributed by atoms with van der Waals surface area (Å²) in [6.45, 7) is 1.09. The van der Waals surface area contributed by atoms with E-state index >= 15 is 0 Å². The molecule has 0 saturated carbocycles. The average Bonchev–Trinajstić information content (AvgIpc) is 2.13. The Balaban J connectivity index is 0.000000810. The molecule has 0 amide bonds. The van der Waals surface area contributed by atoms with Gasteiger partial charge in [0.1, 0.15) is 5.84 Å². The van der Waals surface area contributed by atoms with Crippen LogP contribution in [0, 0.1) is 5.41 Å². The third-order valence-electron chi connectivity index (χ3n) is 1.88. The topological polar surface area (TPSA) is 53.1 Å². The minimum absolute atomic E-state index is 0. The van der Waals surface area contributed by atoms with Gasteiger partial charge in [-0.1, -0.05) is 0 Å². The van der Waals surface area contributed by atoms with Crippen molar-refractivity contribution in [2.45, 2.75) is 18.9 Å². The highest BCUT2D eigenvalue weighted by Gasteiger charge is 2.22. The first-order valence-corrected chi connectivity index (χ1v) is 3.26. The second-order valence-corrected chi connectivity index (χ2v) is 2.59. The van der Waals surface area contributed by atoms with Crippen LogP contribution in [0.1, 0.15) is 12.8 Å². The molecule has 0 aromatic rings. The number of nitrogens with two attached hydrogens (primary N) is 1. The van der Waals surface area contributed by atoms with E-state index in [1.165, 1.54) is 6.42 Å². The van der Waals surface area contributed by atoms with Gasteiger partial charge in [-0.05, 0) is 26.4 Å². The Morgan fingerprint density at radius 2 is 2.30 bits per heavy atom. The molecule has 1 saturated heterocycles. The first kappa shape index (κ1) is 9.72. The molecule has 0 aromatic heterocycles. The summed E-state index contributed by atoms with van der Waals surface area (Å²) in [7, 11) is 2.01. The number of nitrogens with zero attached hydrogens (tertiary/aromatic N) is 1. The molecule has 3 nitrogen and oxygen atoms in total. The van der Waals surface area contributed by atoms with Crippen molar-refractivity contribution >= 4 is 18.2 Å². The maximum atomic E-state index is 7.16. The number of nitrogens with one attached hydrogen (secondary N) is 1. The summed E-state index contributed by atoms with van der Waals surface area (Å²) in [5.41, 5.74) is 5.33. The number of hydrogen-bond acceptors (Lipinski definition) is 2. The fourth-order valence-electron chi connectivity index (χ4n) is 1.30. The number of hydrogen-bond donors (Lipinski definition) is 2. The van der Waals surface area contributed by atoms with Gasteiger partial charge in [-0.15, -0.1) is 12.4 Å². The van der Waals surface area contributed by atoms with Crippen LogP contribution in [0.25, 0.3) is 0 Å². The van der Waals surface area contributed by atoms with Crippen molar-refractivity contribution in [2.24, 2.45) is 5.73 Å². The van der Waals surface area contributed by atoms with Gasteiger partial charge >= 0.3 is 0 Å². The molecule has 1 atom stereocenters. The van der Waals surface area contributed by atoms with Gasteiger partial charge in [0.05, 0.1) is 6.04 Å². The highest BCUT2D eigenvalue weighted by molar-refractivity contribution is 5.85. The summed E-state index contributed by atoms with van der Waals surface area (Å²) in [5, 5.41) is 7.16. The molecule has 1 fully saturated rings. The van der Waals surface area contributed by atoms with E-state index in [2.05, 4.69) is 4.90 Å². The molecular formula is C6H14ClN3. The van der Waals surface area contributed by atoms with Crippen molar-refractivity contribution in [3.8, 4) is 0 Å². The van der Waals surface area contributed by atoms with Crippen molar-refractivity contribution in [1.29, 1.82) is 5.41 Å². The molecule has 4 heteroatoms. The summed E-state index contributed by atoms with van der Waals surface area (Å²) in [4.78, 5) is 2.13. The first-order valence-electron chi connectivity index (χ1n) is 3.26. The van der Waals surface area contributed by atoms with Crippen LogP contribution < -0.4 is 5.73 Å². The second-order valence-electron chi connectivity index (χ2n) is 2.59. The molecular weight excluding hydrogens is 150 g/mol. The third kappa shape index (κ3) is 1.85. The smallest absolute Gasteiger partial charge is 0.108 e. The molecule has 0 spiro atoms. The predicted octanol–water partition coefficient (Wildman–Crippen LogP) is 0.438. The van der Waals surface area contributed by atoms with Crippen molar-refractivity contribution in [2.75, 3.05) is 13.6 Å². The van der Waals surface area contributed by atoms with E-state index in [0.717, 1.165) is 13.0 Å². The molecule has 60 valence electrons. The Labute approximate surface area is 67.5 Å². The quantitative estimate of drug-likeness (QED) is 0.436. The van der Waals surface area contributed by atoms with E-state index in [1.54, 1.807) is 0 Å². The van der Waals surface area contributed by atoms with Crippen LogP contribution in [0.15, 0.2) is 0 Å². The molecule has 10 heavy (non-hydrogen) atoms. The Bertz CT molecular complexity index is 126. The lowest BCUT2D eigenvalue weighted by atomic mass is 10.2. The number of likely N-dealkylation sites (tertiary alicyclic amines) is 1. The zero-order valence-corrected chi connectivity index (χ0v) is 6.95. The van der Waals surface area contributed by atoms with Gasteiger partial charge < -0.3 is 5.73 Å². The summed E-state index contributed by atoms with van der Waals surface area (Å²) in [5.74, 6) is 0.315. The van der Waals surface area contributed by atoms with Gasteiger partial charge in [0, 0.05) is 0 Å². The van der Waals surface area contributed by atoms with Crippen molar-refractivity contribution in [1.82, 2.24) is 4.90 Å². The Hall–Kier alpha value is -0.280. The van der Waals surface area contributed by atoms with E-state index in [9.17, 15) is 0 Å². The molecule has 0 radical (unpaired) electrons. The van der Waals surface area contributed by atoms with Gasteiger partial charge in [-0.3, -0.25) is 10.3 Å². The maximum Gasteiger partial charge on any atom is 0.108 e. The lowest BCUT2D eigenvalue weighted by Crippen LogP contribution is -2.37. The highest BCUT2D eigenvalue weighted by Crippen LogP contribution is 2.13. The summed E-state index contributed by atoms with van der Waals surface area (Å²) in [6, 6.07) is 0.227. The van der Waals surface area contributed by atoms with Gasteiger partial charge in [0.25, 0.3) is 0 Å². The molecule has 0 aromatic carbocycles. The van der Waals surface area contributed by atoms with Gasteiger partial charge in [0.2, 0.25) is 0 Å². The first-order chi connectivity index (χ1) is 4.22. The molecule has 1 rings (SSSR count). The Morgan fingerprint density at radius 1 is 1.70 bits per heavy atom. The SMILES string of the molecule is CN1CCCC1C(=N)N.Cl. The monoisotopic (exact) mass is 163 g/mol. The van der Waals surface area contributed by atoms with Crippen LogP contribution in [0.2, 0.25) is 0 Å². The molecule has 1 aliphatic rings. The molecule has 1 unspecified atom stereocenters. The van der Waals surface area contributed by atoms with Gasteiger partial charge in [0.15, 0.2) is 0 Å². The lowest BCUT2D eigenvalue weighted by molar-refractivity contribution is 0.370. The zero-order valence-electron chi connectivity index (χ0n) is 6.13. The second kappa shape index (κ2) is 3.78. The minimum Gasteiger partial charge on any atom is -0.386 e. The molecule has 3 N–H and O–H groups in total. The molecule has 0 aliphatic carbocycles. The standard InChI is InChI=1S/C6H13N3.ClH/c1-9-4-2-3-5(9)6(7)8;/h5H,2-4H2,1H3,(H3,7,8);1H. The predicted molar refractivity (Wildman–Crippen MR) is 44.8 cm³/mol. The number of likely N-dealkylation sites (N-methyl/N-ethyl adjacent to an activating group) is 1. The van der Waals surface area contributed by atoms with Crippen molar-refractivity contribution in [3.63, 3.8) is 0 Å². The highest BCUT2D eigenvalue weighted by atomic mass is 35.5. The van der Waals surface area contributed by atoms with Crippen LogP contribution in [0.3, 0.4) is 0 Å². The maximum absolute atomic E-state index is 7.16. The van der Waals surface area contributed by atoms with Crippen LogP contribution in [-0.2, 0) is 0 Å². The normalized spacial score (nSPS) is 25.9. The molecule has 0 bridgehead atoms. The van der Waals surface area contributed by atoms with Crippen molar-refractivity contribution in [3.05, 3.63) is 0 Å². The third-order valence-corrected chi connectivity index (χ3v) is 1.88. The fraction of sp³-hybridized carbons (Fsp3) is 0.833. The van der Waals surface area contributed by atoms with Crippen LogP contribution in [-0.4, -0.2) is 30.4 Å². The molecule has 1 aliphatic heterocycles. The number of amidine groups is 1. The van der Waals surface area contributed by atoms with Crippen molar-refractivity contribution < 1.29 is 0 Å². The molecule has 1 heterocycles. The van der Waals surface area contributed by atoms with E-state index in [1.807, 2.05) is 7.05 Å². The van der Waals surface area contributed by atoms with Crippen LogP contribution in [0.4, 0.5) is 0 Å². The van der Waals surface area contributed by atoms with E-state index < -0.39 is 0 Å². The summed E-state index contributed by atoms with van der Waals surface area (Å²) >= 11 is 0.